The summed E-state index contributed by atoms with van der Waals surface area (Å²) in [5.74, 6) is 0.987. The fraction of sp³-hybridized carbons (Fsp3) is 0.469. The molecule has 1 unspecified atom stereocenters. The molecule has 1 atom stereocenters. The van der Waals surface area contributed by atoms with Gasteiger partial charge in [-0.2, -0.15) is 15.2 Å². The van der Waals surface area contributed by atoms with Gasteiger partial charge in [-0.15, -0.1) is 0 Å². The van der Waals surface area contributed by atoms with E-state index in [1.807, 2.05) is 6.92 Å². The predicted octanol–water partition coefficient (Wildman–Crippen LogP) is 4.60. The zero-order chi connectivity index (χ0) is 27.7. The summed E-state index contributed by atoms with van der Waals surface area (Å²) in [6.07, 6.45) is 7.57. The third-order valence-electron chi connectivity index (χ3n) is 8.35. The van der Waals surface area contributed by atoms with E-state index in [0.29, 0.717) is 12.4 Å². The zero-order valence-corrected chi connectivity index (χ0v) is 23.9. The molecule has 2 fully saturated rings. The number of likely N-dealkylation sites (N-methyl/N-ethyl adjacent to an activating group) is 1. The number of fused-ring (bicyclic) bond motifs is 2. The number of hydrogen-bond acceptors (Lipinski definition) is 8. The van der Waals surface area contributed by atoms with Crippen molar-refractivity contribution in [2.45, 2.75) is 50.8 Å². The van der Waals surface area contributed by atoms with Crippen molar-refractivity contribution in [2.75, 3.05) is 56.6 Å². The van der Waals surface area contributed by atoms with Gasteiger partial charge in [0.05, 0.1) is 30.8 Å². The maximum absolute atomic E-state index is 9.54. The number of benzene rings is 2. The van der Waals surface area contributed by atoms with Gasteiger partial charge in [-0.1, -0.05) is 42.5 Å². The Morgan fingerprint density at radius 3 is 2.67 bits per heavy atom. The number of anilines is 2. The van der Waals surface area contributed by atoms with E-state index in [4.69, 9.17) is 14.7 Å². The van der Waals surface area contributed by atoms with Crippen molar-refractivity contribution in [3.63, 3.8) is 0 Å². The third-order valence-corrected chi connectivity index (χ3v) is 8.35. The standard InChI is InChI=1S/C32H39N7O/c1-4-17-37-19-20-39(21-25(37)12-16-33)30-27-13-18-38(29-11-7-9-24-8-5-6-10-26(24)29)22-28(27)34-31(35-30)40-32(14-15-32)23-36(2)3/h4-11,17,25H,12-15,18-23H2,1-3H3. The quantitative estimate of drug-likeness (QED) is 0.413. The molecule has 8 nitrogen and oxygen atoms in total. The van der Waals surface area contributed by atoms with Crippen LogP contribution in [0.3, 0.4) is 0 Å². The summed E-state index contributed by atoms with van der Waals surface area (Å²) in [5.41, 5.74) is 3.31. The minimum Gasteiger partial charge on any atom is -0.455 e. The number of aromatic nitrogens is 2. The van der Waals surface area contributed by atoms with Crippen LogP contribution in [-0.2, 0) is 13.0 Å². The minimum atomic E-state index is -0.201. The lowest BCUT2D eigenvalue weighted by atomic mass is 10.0. The van der Waals surface area contributed by atoms with E-state index < -0.39 is 0 Å². The van der Waals surface area contributed by atoms with Crippen molar-refractivity contribution >= 4 is 22.3 Å². The van der Waals surface area contributed by atoms with E-state index in [1.165, 1.54) is 22.0 Å². The van der Waals surface area contributed by atoms with Crippen molar-refractivity contribution in [3.8, 4) is 12.1 Å². The summed E-state index contributed by atoms with van der Waals surface area (Å²) in [5, 5.41) is 12.1. The first-order valence-corrected chi connectivity index (χ1v) is 14.5. The highest BCUT2D eigenvalue weighted by Crippen LogP contribution is 2.41. The Hall–Kier alpha value is -3.83. The summed E-state index contributed by atoms with van der Waals surface area (Å²) in [6, 6.07) is 18.1. The summed E-state index contributed by atoms with van der Waals surface area (Å²) >= 11 is 0. The lowest BCUT2D eigenvalue weighted by Gasteiger charge is -2.42. The molecule has 1 aliphatic carbocycles. The molecule has 2 aromatic carbocycles. The van der Waals surface area contributed by atoms with E-state index in [9.17, 15) is 5.26 Å². The molecular weight excluding hydrogens is 498 g/mol. The van der Waals surface area contributed by atoms with E-state index in [-0.39, 0.29) is 11.6 Å². The molecular formula is C32H39N7O. The summed E-state index contributed by atoms with van der Waals surface area (Å²) < 4.78 is 6.58. The molecule has 0 radical (unpaired) electrons. The van der Waals surface area contributed by atoms with Gasteiger partial charge in [0, 0.05) is 49.4 Å². The Labute approximate surface area is 237 Å². The molecule has 3 aliphatic rings. The zero-order valence-electron chi connectivity index (χ0n) is 23.9. The molecule has 3 aromatic rings. The van der Waals surface area contributed by atoms with E-state index in [1.54, 1.807) is 0 Å². The number of piperazine rings is 1. The average Bonchev–Trinajstić information content (AvgIpc) is 3.70. The number of nitrogens with zero attached hydrogens (tertiary/aromatic N) is 7. The van der Waals surface area contributed by atoms with Crippen LogP contribution >= 0.6 is 0 Å². The Bertz CT molecular complexity index is 1440. The maximum atomic E-state index is 9.54. The van der Waals surface area contributed by atoms with Gasteiger partial charge in [-0.05, 0) is 57.9 Å². The Morgan fingerprint density at radius 2 is 1.90 bits per heavy atom. The molecule has 1 saturated heterocycles. The van der Waals surface area contributed by atoms with Gasteiger partial charge in [0.15, 0.2) is 0 Å². The van der Waals surface area contributed by atoms with Gasteiger partial charge in [0.25, 0.3) is 0 Å². The van der Waals surface area contributed by atoms with Gasteiger partial charge >= 0.3 is 6.01 Å². The van der Waals surface area contributed by atoms with E-state index in [0.717, 1.165) is 70.0 Å². The molecule has 3 heterocycles. The molecule has 1 aromatic heterocycles. The lowest BCUT2D eigenvalue weighted by molar-refractivity contribution is 0.126. The van der Waals surface area contributed by atoms with Gasteiger partial charge in [-0.3, -0.25) is 0 Å². The van der Waals surface area contributed by atoms with Gasteiger partial charge < -0.3 is 24.3 Å². The van der Waals surface area contributed by atoms with Gasteiger partial charge in [-0.25, -0.2) is 0 Å². The van der Waals surface area contributed by atoms with Crippen LogP contribution in [0, 0.1) is 11.3 Å². The van der Waals surface area contributed by atoms with Gasteiger partial charge in [0.2, 0.25) is 0 Å². The van der Waals surface area contributed by atoms with Crippen LogP contribution < -0.4 is 14.5 Å². The van der Waals surface area contributed by atoms with Crippen LogP contribution in [0.15, 0.2) is 54.7 Å². The first-order chi connectivity index (χ1) is 19.5. The third kappa shape index (κ3) is 5.31. The first kappa shape index (κ1) is 26.4. The lowest BCUT2D eigenvalue weighted by Crippen LogP contribution is -2.51. The van der Waals surface area contributed by atoms with Crippen LogP contribution in [0.1, 0.15) is 37.4 Å². The number of rotatable bonds is 8. The smallest absolute Gasteiger partial charge is 0.319 e. The first-order valence-electron chi connectivity index (χ1n) is 14.5. The summed E-state index contributed by atoms with van der Waals surface area (Å²) in [4.78, 5) is 19.4. The molecule has 40 heavy (non-hydrogen) atoms. The molecule has 208 valence electrons. The SMILES string of the molecule is CC=CN1CCN(c2nc(OC3(CN(C)C)CC3)nc3c2CCN(c2cccc4ccccc24)C3)CC1CC#N. The number of hydrogen-bond donors (Lipinski definition) is 0. The number of ether oxygens (including phenoxy) is 1. The number of nitriles is 1. The molecule has 6 rings (SSSR count). The van der Waals surface area contributed by atoms with Crippen molar-refractivity contribution < 1.29 is 4.74 Å². The van der Waals surface area contributed by atoms with Crippen molar-refractivity contribution in [2.24, 2.45) is 0 Å². The van der Waals surface area contributed by atoms with Crippen LogP contribution in [0.5, 0.6) is 6.01 Å². The minimum absolute atomic E-state index is 0.129. The fourth-order valence-corrected chi connectivity index (χ4v) is 6.32. The second-order valence-electron chi connectivity index (χ2n) is 11.6. The van der Waals surface area contributed by atoms with Crippen molar-refractivity contribution in [3.05, 3.63) is 66.0 Å². The maximum Gasteiger partial charge on any atom is 0.319 e. The fourth-order valence-electron chi connectivity index (χ4n) is 6.32. The molecule has 0 spiro atoms. The van der Waals surface area contributed by atoms with Crippen LogP contribution in [-0.4, -0.2) is 78.2 Å². The second-order valence-corrected chi connectivity index (χ2v) is 11.6. The number of allylic oxidation sites excluding steroid dienone is 1. The van der Waals surface area contributed by atoms with Crippen LogP contribution in [0.4, 0.5) is 11.5 Å². The average molecular weight is 538 g/mol. The Morgan fingerprint density at radius 1 is 1.07 bits per heavy atom. The second kappa shape index (κ2) is 11.0. The molecule has 2 aliphatic heterocycles. The molecule has 0 N–H and O–H groups in total. The van der Waals surface area contributed by atoms with E-state index >= 15 is 0 Å². The summed E-state index contributed by atoms with van der Waals surface area (Å²) in [7, 11) is 4.17. The Balaban J connectivity index is 1.36. The largest absolute Gasteiger partial charge is 0.455 e. The van der Waals surface area contributed by atoms with Crippen molar-refractivity contribution in [1.82, 2.24) is 19.8 Å². The highest BCUT2D eigenvalue weighted by Gasteiger charge is 2.47. The highest BCUT2D eigenvalue weighted by atomic mass is 16.5. The van der Waals surface area contributed by atoms with Crippen molar-refractivity contribution in [1.29, 1.82) is 5.26 Å². The highest BCUT2D eigenvalue weighted by molar-refractivity contribution is 5.94. The monoisotopic (exact) mass is 537 g/mol. The normalized spacial score (nSPS) is 20.2. The van der Waals surface area contributed by atoms with E-state index in [2.05, 4.69) is 94.5 Å². The van der Waals surface area contributed by atoms with Crippen LogP contribution in [0.2, 0.25) is 0 Å². The molecule has 1 saturated carbocycles. The molecule has 8 heteroatoms. The van der Waals surface area contributed by atoms with Crippen LogP contribution in [0.25, 0.3) is 10.8 Å². The van der Waals surface area contributed by atoms with Gasteiger partial charge in [0.1, 0.15) is 11.4 Å². The predicted molar refractivity (Wildman–Crippen MR) is 160 cm³/mol. The topological polar surface area (TPSA) is 71.8 Å². The summed E-state index contributed by atoms with van der Waals surface area (Å²) in [6.45, 7) is 6.99. The molecule has 0 amide bonds. The molecule has 0 bridgehead atoms. The Kier molecular flexibility index (Phi) is 7.24.